The molecule has 0 radical (unpaired) electrons. The van der Waals surface area contributed by atoms with Crippen LogP contribution in [-0.2, 0) is 4.79 Å². The zero-order valence-corrected chi connectivity index (χ0v) is 12.4. The topological polar surface area (TPSA) is 32.3 Å². The van der Waals surface area contributed by atoms with Crippen molar-refractivity contribution in [2.45, 2.75) is 6.92 Å². The van der Waals surface area contributed by atoms with Gasteiger partial charge in [0.15, 0.2) is 5.11 Å². The normalized spacial score (nSPS) is 16.9. The van der Waals surface area contributed by atoms with Crippen molar-refractivity contribution in [3.05, 3.63) is 57.9 Å². The third-order valence-corrected chi connectivity index (χ3v) is 4.32. The van der Waals surface area contributed by atoms with Crippen molar-refractivity contribution < 1.29 is 4.79 Å². The van der Waals surface area contributed by atoms with Crippen molar-refractivity contribution in [2.75, 3.05) is 4.90 Å². The first-order chi connectivity index (χ1) is 9.66. The van der Waals surface area contributed by atoms with Crippen molar-refractivity contribution in [3.63, 3.8) is 0 Å². The molecule has 2 aromatic rings. The molecule has 1 saturated heterocycles. The monoisotopic (exact) mass is 300 g/mol. The third kappa shape index (κ3) is 2.26. The molecule has 0 atom stereocenters. The van der Waals surface area contributed by atoms with Crippen LogP contribution in [0.2, 0.25) is 0 Å². The zero-order valence-electron chi connectivity index (χ0n) is 10.8. The van der Waals surface area contributed by atoms with Crippen LogP contribution in [0.3, 0.4) is 0 Å². The molecule has 0 unspecified atom stereocenters. The van der Waals surface area contributed by atoms with Crippen LogP contribution in [0.1, 0.15) is 10.4 Å². The van der Waals surface area contributed by atoms with E-state index >= 15 is 0 Å². The molecule has 1 aromatic heterocycles. The summed E-state index contributed by atoms with van der Waals surface area (Å²) in [6.07, 6.45) is 1.86. The minimum atomic E-state index is -0.117. The minimum absolute atomic E-state index is 0.117. The van der Waals surface area contributed by atoms with Crippen LogP contribution in [0.5, 0.6) is 0 Å². The van der Waals surface area contributed by atoms with Gasteiger partial charge in [0.05, 0.1) is 5.69 Å². The molecule has 1 aliphatic heterocycles. The van der Waals surface area contributed by atoms with Crippen molar-refractivity contribution >= 4 is 46.3 Å². The Bertz CT molecular complexity index is 704. The Labute approximate surface area is 126 Å². The predicted molar refractivity (Wildman–Crippen MR) is 86.7 cm³/mol. The molecule has 1 aliphatic rings. The summed E-state index contributed by atoms with van der Waals surface area (Å²) in [7, 11) is 0. The van der Waals surface area contributed by atoms with E-state index < -0.39 is 0 Å². The first-order valence-corrected chi connectivity index (χ1v) is 7.42. The number of anilines is 1. The number of benzene rings is 1. The van der Waals surface area contributed by atoms with Gasteiger partial charge in [0.1, 0.15) is 5.70 Å². The van der Waals surface area contributed by atoms with Gasteiger partial charge in [0.25, 0.3) is 5.91 Å². The minimum Gasteiger partial charge on any atom is -0.327 e. The van der Waals surface area contributed by atoms with Gasteiger partial charge in [-0.3, -0.25) is 9.69 Å². The molecule has 0 bridgehead atoms. The highest BCUT2D eigenvalue weighted by molar-refractivity contribution is 7.80. The van der Waals surface area contributed by atoms with Crippen LogP contribution in [0.25, 0.3) is 6.08 Å². The van der Waals surface area contributed by atoms with Crippen LogP contribution >= 0.6 is 23.6 Å². The van der Waals surface area contributed by atoms with Gasteiger partial charge < -0.3 is 5.32 Å². The molecule has 0 aliphatic carbocycles. The highest BCUT2D eigenvalue weighted by Crippen LogP contribution is 2.24. The summed E-state index contributed by atoms with van der Waals surface area (Å²) in [6, 6.07) is 11.4. The highest BCUT2D eigenvalue weighted by Gasteiger charge is 2.31. The van der Waals surface area contributed by atoms with Crippen molar-refractivity contribution in [2.24, 2.45) is 0 Å². The number of para-hydroxylation sites is 1. The van der Waals surface area contributed by atoms with Crippen LogP contribution in [0.4, 0.5) is 5.69 Å². The van der Waals surface area contributed by atoms with E-state index in [1.807, 2.05) is 54.8 Å². The van der Waals surface area contributed by atoms with Gasteiger partial charge in [-0.25, -0.2) is 0 Å². The molecule has 0 spiro atoms. The van der Waals surface area contributed by atoms with E-state index in [0.29, 0.717) is 10.8 Å². The summed E-state index contributed by atoms with van der Waals surface area (Å²) in [4.78, 5) is 15.1. The van der Waals surface area contributed by atoms with E-state index in [9.17, 15) is 4.79 Å². The average Bonchev–Trinajstić information content (AvgIpc) is 2.96. The summed E-state index contributed by atoms with van der Waals surface area (Å²) < 4.78 is 0. The molecule has 1 N–H and O–H groups in total. The Balaban J connectivity index is 1.95. The first-order valence-electron chi connectivity index (χ1n) is 6.13. The summed E-state index contributed by atoms with van der Waals surface area (Å²) in [5.41, 5.74) is 2.45. The van der Waals surface area contributed by atoms with Crippen LogP contribution in [0.15, 0.2) is 47.5 Å². The molecule has 20 heavy (non-hydrogen) atoms. The lowest BCUT2D eigenvalue weighted by atomic mass is 10.2. The van der Waals surface area contributed by atoms with Crippen LogP contribution < -0.4 is 10.2 Å². The van der Waals surface area contributed by atoms with Gasteiger partial charge in [0.2, 0.25) is 0 Å². The third-order valence-electron chi connectivity index (χ3n) is 3.07. The van der Waals surface area contributed by atoms with E-state index in [1.165, 1.54) is 4.90 Å². The number of nitrogens with zero attached hydrogens (tertiary/aromatic N) is 1. The van der Waals surface area contributed by atoms with Crippen LogP contribution in [-0.4, -0.2) is 11.0 Å². The molecule has 1 fully saturated rings. The number of thiophene rings is 1. The second-order valence-corrected chi connectivity index (χ2v) is 5.77. The zero-order chi connectivity index (χ0) is 14.1. The fourth-order valence-corrected chi connectivity index (χ4v) is 3.17. The number of hydrogen-bond donors (Lipinski definition) is 1. The van der Waals surface area contributed by atoms with Gasteiger partial charge in [-0.05, 0) is 54.4 Å². The van der Waals surface area contributed by atoms with Crippen molar-refractivity contribution in [1.29, 1.82) is 0 Å². The smallest absolute Gasteiger partial charge is 0.281 e. The number of carbonyl (C=O) groups is 1. The quantitative estimate of drug-likeness (QED) is 0.682. The summed E-state index contributed by atoms with van der Waals surface area (Å²) in [5, 5.41) is 5.42. The van der Waals surface area contributed by atoms with Crippen molar-refractivity contribution in [1.82, 2.24) is 5.32 Å². The number of amides is 1. The Kier molecular flexibility index (Phi) is 3.38. The maximum absolute atomic E-state index is 12.5. The molecule has 1 aromatic carbocycles. The van der Waals surface area contributed by atoms with E-state index in [-0.39, 0.29) is 5.91 Å². The molecule has 3 nitrogen and oxygen atoms in total. The molecule has 3 rings (SSSR count). The van der Waals surface area contributed by atoms with E-state index in [0.717, 1.165) is 16.1 Å². The van der Waals surface area contributed by atoms with Gasteiger partial charge in [0, 0.05) is 4.88 Å². The SMILES string of the molecule is Cc1ccsc1/C=C1\NC(=S)N(c2ccccc2)C1=O. The summed E-state index contributed by atoms with van der Waals surface area (Å²) in [5.74, 6) is -0.117. The van der Waals surface area contributed by atoms with Gasteiger partial charge in [-0.1, -0.05) is 18.2 Å². The molecule has 1 amide bonds. The number of nitrogens with one attached hydrogen (secondary N) is 1. The number of carbonyl (C=O) groups excluding carboxylic acids is 1. The average molecular weight is 300 g/mol. The van der Waals surface area contributed by atoms with Crippen LogP contribution in [0, 0.1) is 6.92 Å². The molecular formula is C15H12N2OS2. The number of thiocarbonyl (C=S) groups is 1. The number of hydrogen-bond acceptors (Lipinski definition) is 3. The Morgan fingerprint density at radius 1 is 1.25 bits per heavy atom. The second kappa shape index (κ2) is 5.19. The van der Waals surface area contributed by atoms with Crippen molar-refractivity contribution in [3.8, 4) is 0 Å². The standard InChI is InChI=1S/C15H12N2OS2/c1-10-7-8-20-13(10)9-12-14(18)17(15(19)16-12)11-5-3-2-4-6-11/h2-9H,1H3,(H,16,19)/b12-9-. The first kappa shape index (κ1) is 13.0. The van der Waals surface area contributed by atoms with Gasteiger partial charge in [-0.2, -0.15) is 0 Å². The summed E-state index contributed by atoms with van der Waals surface area (Å²) in [6.45, 7) is 2.02. The lowest BCUT2D eigenvalue weighted by Gasteiger charge is -2.13. The summed E-state index contributed by atoms with van der Waals surface area (Å²) >= 11 is 6.87. The predicted octanol–water partition coefficient (Wildman–Crippen LogP) is 3.32. The molecule has 5 heteroatoms. The maximum Gasteiger partial charge on any atom is 0.281 e. The molecule has 2 heterocycles. The number of rotatable bonds is 2. The van der Waals surface area contributed by atoms with Gasteiger partial charge in [-0.15, -0.1) is 11.3 Å². The second-order valence-electron chi connectivity index (χ2n) is 4.43. The van der Waals surface area contributed by atoms with E-state index in [2.05, 4.69) is 5.32 Å². The fraction of sp³-hybridized carbons (Fsp3) is 0.0667. The van der Waals surface area contributed by atoms with Gasteiger partial charge >= 0.3 is 0 Å². The maximum atomic E-state index is 12.5. The molecule has 0 saturated carbocycles. The molecule has 100 valence electrons. The highest BCUT2D eigenvalue weighted by atomic mass is 32.1. The molecular weight excluding hydrogens is 288 g/mol. The Morgan fingerprint density at radius 3 is 2.65 bits per heavy atom. The number of aryl methyl sites for hydroxylation is 1. The Hall–Kier alpha value is -1.98. The van der Waals surface area contributed by atoms with E-state index in [4.69, 9.17) is 12.2 Å². The fourth-order valence-electron chi connectivity index (χ4n) is 2.01. The Morgan fingerprint density at radius 2 is 2.00 bits per heavy atom. The largest absolute Gasteiger partial charge is 0.327 e. The van der Waals surface area contributed by atoms with E-state index in [1.54, 1.807) is 11.3 Å². The lowest BCUT2D eigenvalue weighted by Crippen LogP contribution is -2.30. The lowest BCUT2D eigenvalue weighted by molar-refractivity contribution is -0.113.